The van der Waals surface area contributed by atoms with Gasteiger partial charge in [-0.25, -0.2) is 0 Å². The number of rotatable bonds is 24. The Morgan fingerprint density at radius 3 is 2.00 bits per heavy atom. The second-order valence-corrected chi connectivity index (χ2v) is 11.5. The average molecular weight is 798 g/mol. The summed E-state index contributed by atoms with van der Waals surface area (Å²) in [5, 5.41) is 15.1. The van der Waals surface area contributed by atoms with Crippen LogP contribution in [0, 0.1) is 61.3 Å². The fourth-order valence-corrected chi connectivity index (χ4v) is 5.01. The summed E-state index contributed by atoms with van der Waals surface area (Å²) in [7, 11) is 0. The largest absolute Gasteiger partial charge is 0.528 e. The Morgan fingerprint density at radius 1 is 0.913 bits per heavy atom. The van der Waals surface area contributed by atoms with Gasteiger partial charge in [-0.2, -0.15) is 11.7 Å². The Hall–Kier alpha value is -1.35. The van der Waals surface area contributed by atoms with Crippen LogP contribution in [0.25, 0.3) is 0 Å². The zero-order chi connectivity index (χ0) is 32.6. The van der Waals surface area contributed by atoms with Crippen LogP contribution in [0.4, 0.5) is 0 Å². The van der Waals surface area contributed by atoms with Crippen molar-refractivity contribution in [3.05, 3.63) is 11.6 Å². The third kappa shape index (κ3) is 19.5. The first-order valence-electron chi connectivity index (χ1n) is 15.8. The van der Waals surface area contributed by atoms with Gasteiger partial charge in [-0.15, -0.1) is 0 Å². The molecule has 0 aliphatic carbocycles. The summed E-state index contributed by atoms with van der Waals surface area (Å²) < 4.78 is 32.5. The van der Waals surface area contributed by atoms with Crippen LogP contribution in [0.15, 0.2) is 11.6 Å². The maximum absolute atomic E-state index is 13.2. The maximum atomic E-state index is 13.2. The van der Waals surface area contributed by atoms with Crippen LogP contribution in [0.2, 0.25) is 0 Å². The molecule has 2 heterocycles. The molecular formula is C31H52N5O9Tb-. The van der Waals surface area contributed by atoms with E-state index in [0.717, 1.165) is 19.6 Å². The van der Waals surface area contributed by atoms with Crippen LogP contribution in [0.3, 0.4) is 0 Å². The molecular weight excluding hydrogens is 745 g/mol. The number of carbonyl (C=O) groups excluding carboxylic acids is 3. The Balaban J connectivity index is 0.0000106. The SMILES string of the molecule is CC(C)(/C=C(\C#N)C(=O)N1CCCC(C(=O)NCCOCCOCCOCCOCCOCCN[C-]=O)C1)CN1CCOCC1.[Tb]. The van der Waals surface area contributed by atoms with E-state index in [2.05, 4.69) is 21.6 Å². The van der Waals surface area contributed by atoms with Crippen molar-refractivity contribution in [2.45, 2.75) is 26.7 Å². The van der Waals surface area contributed by atoms with E-state index < -0.39 is 0 Å². The van der Waals surface area contributed by atoms with Crippen molar-refractivity contribution in [1.29, 1.82) is 5.26 Å². The molecule has 46 heavy (non-hydrogen) atoms. The van der Waals surface area contributed by atoms with Gasteiger partial charge in [0.25, 0.3) is 5.91 Å². The Kier molecular flexibility index (Phi) is 24.7. The fraction of sp³-hybridized carbons (Fsp3) is 0.806. The number of amides is 3. The van der Waals surface area contributed by atoms with Crippen LogP contribution < -0.4 is 10.6 Å². The first-order chi connectivity index (χ1) is 21.9. The Morgan fingerprint density at radius 2 is 1.46 bits per heavy atom. The number of carbonyl (C=O) groups is 2. The number of hydrogen-bond acceptors (Lipinski definition) is 11. The quantitative estimate of drug-likeness (QED) is 0.0441. The minimum absolute atomic E-state index is 0. The van der Waals surface area contributed by atoms with E-state index in [9.17, 15) is 19.6 Å². The fourth-order valence-electron chi connectivity index (χ4n) is 5.01. The van der Waals surface area contributed by atoms with Gasteiger partial charge in [-0.1, -0.05) is 19.9 Å². The zero-order valence-electron chi connectivity index (χ0n) is 27.4. The van der Waals surface area contributed by atoms with E-state index in [0.29, 0.717) is 118 Å². The number of nitriles is 1. The third-order valence-electron chi connectivity index (χ3n) is 7.18. The van der Waals surface area contributed by atoms with Gasteiger partial charge in [0.2, 0.25) is 5.91 Å². The number of likely N-dealkylation sites (tertiary alicyclic amines) is 1. The summed E-state index contributed by atoms with van der Waals surface area (Å²) in [5.41, 5.74) is -0.225. The molecule has 0 bridgehead atoms. The zero-order valence-corrected chi connectivity index (χ0v) is 29.5. The minimum Gasteiger partial charge on any atom is -0.528 e. The molecule has 3 amide bonds. The van der Waals surface area contributed by atoms with E-state index in [4.69, 9.17) is 28.4 Å². The van der Waals surface area contributed by atoms with Crippen molar-refractivity contribution >= 4 is 18.2 Å². The second kappa shape index (κ2) is 26.6. The molecule has 2 aliphatic heterocycles. The molecule has 265 valence electrons. The number of nitrogens with zero attached hydrogens (tertiary/aromatic N) is 3. The summed E-state index contributed by atoms with van der Waals surface area (Å²) in [5.74, 6) is -0.738. The van der Waals surface area contributed by atoms with Crippen molar-refractivity contribution in [1.82, 2.24) is 20.4 Å². The maximum Gasteiger partial charge on any atom is 0.264 e. The second-order valence-electron chi connectivity index (χ2n) is 11.5. The van der Waals surface area contributed by atoms with Crippen molar-refractivity contribution in [3.63, 3.8) is 0 Å². The number of hydrogen-bond donors (Lipinski definition) is 2. The normalized spacial score (nSPS) is 17.5. The Bertz CT molecular complexity index is 929. The monoisotopic (exact) mass is 797 g/mol. The van der Waals surface area contributed by atoms with Crippen LogP contribution in [-0.4, -0.2) is 153 Å². The van der Waals surface area contributed by atoms with Crippen molar-refractivity contribution in [2.75, 3.05) is 125 Å². The van der Waals surface area contributed by atoms with Gasteiger partial charge in [-0.3, -0.25) is 14.5 Å². The van der Waals surface area contributed by atoms with Crippen molar-refractivity contribution in [2.24, 2.45) is 11.3 Å². The van der Waals surface area contributed by atoms with E-state index in [1.807, 2.05) is 13.8 Å². The summed E-state index contributed by atoms with van der Waals surface area (Å²) in [6.07, 6.45) is 4.76. The van der Waals surface area contributed by atoms with E-state index in [1.165, 1.54) is 0 Å². The summed E-state index contributed by atoms with van der Waals surface area (Å²) in [4.78, 5) is 39.9. The summed E-state index contributed by atoms with van der Waals surface area (Å²) in [6.45, 7) is 13.8. The van der Waals surface area contributed by atoms with Crippen molar-refractivity contribution < 1.29 is 81.4 Å². The number of ether oxygens (including phenoxy) is 6. The van der Waals surface area contributed by atoms with Gasteiger partial charge in [0, 0.05) is 84.4 Å². The summed E-state index contributed by atoms with van der Waals surface area (Å²) in [6, 6.07) is 2.10. The predicted molar refractivity (Wildman–Crippen MR) is 165 cm³/mol. The van der Waals surface area contributed by atoms with Crippen LogP contribution in [-0.2, 0) is 42.8 Å². The van der Waals surface area contributed by atoms with Gasteiger partial charge >= 0.3 is 0 Å². The number of morpholine rings is 1. The first-order valence-corrected chi connectivity index (χ1v) is 15.8. The van der Waals surface area contributed by atoms with Gasteiger partial charge in [0.05, 0.1) is 85.2 Å². The molecule has 0 aromatic heterocycles. The van der Waals surface area contributed by atoms with Crippen LogP contribution >= 0.6 is 0 Å². The van der Waals surface area contributed by atoms with Crippen LogP contribution in [0.5, 0.6) is 0 Å². The molecule has 0 saturated carbocycles. The molecule has 2 rings (SSSR count). The molecule has 1 radical (unpaired) electrons. The molecule has 0 spiro atoms. The molecule has 0 aromatic carbocycles. The molecule has 14 nitrogen and oxygen atoms in total. The van der Waals surface area contributed by atoms with Crippen molar-refractivity contribution in [3.8, 4) is 6.07 Å². The van der Waals surface area contributed by atoms with E-state index in [1.54, 1.807) is 17.4 Å². The predicted octanol–water partition coefficient (Wildman–Crippen LogP) is -0.111. The first kappa shape index (κ1) is 42.7. The number of piperidine rings is 1. The van der Waals surface area contributed by atoms with Gasteiger partial charge < -0.3 is 48.7 Å². The molecule has 2 saturated heterocycles. The smallest absolute Gasteiger partial charge is 0.264 e. The molecule has 1 unspecified atom stereocenters. The molecule has 15 heteroatoms. The van der Waals surface area contributed by atoms with Crippen LogP contribution in [0.1, 0.15) is 26.7 Å². The summed E-state index contributed by atoms with van der Waals surface area (Å²) >= 11 is 0. The molecule has 2 N–H and O–H groups in total. The average Bonchev–Trinajstić information content (AvgIpc) is 3.04. The topological polar surface area (TPSA) is 161 Å². The minimum atomic E-state index is -0.354. The molecule has 2 fully saturated rings. The van der Waals surface area contributed by atoms with Gasteiger partial charge in [0.1, 0.15) is 11.6 Å². The van der Waals surface area contributed by atoms with Gasteiger partial charge in [0.15, 0.2) is 0 Å². The molecule has 2 aliphatic rings. The van der Waals surface area contributed by atoms with E-state index in [-0.39, 0.29) is 67.3 Å². The van der Waals surface area contributed by atoms with E-state index >= 15 is 0 Å². The molecule has 0 aromatic rings. The third-order valence-corrected chi connectivity index (χ3v) is 7.18. The standard InChI is InChI=1S/C31H52N5O9.Tb/c1-31(2,25-35-8-12-42-13-9-35)22-28(23-32)30(39)36-7-3-4-27(24-36)29(38)34-6-11-41-15-17-44-19-21-45-20-18-43-16-14-40-10-5-33-26-37;/h22,27H,3-21,24-25H2,1-2H3,(H,33,37)(H,34,38);/q-1;/b28-22+;. The molecule has 1 atom stereocenters. The number of nitrogens with one attached hydrogen (secondary N) is 2. The van der Waals surface area contributed by atoms with Gasteiger partial charge in [-0.05, 0) is 18.3 Å². The Labute approximate surface area is 304 Å².